The van der Waals surface area contributed by atoms with Crippen molar-refractivity contribution in [3.63, 3.8) is 0 Å². The number of oxazole rings is 1. The molecule has 1 aromatic heterocycles. The molecule has 0 bridgehead atoms. The Morgan fingerprint density at radius 3 is 3.12 bits per heavy atom. The van der Waals surface area contributed by atoms with Gasteiger partial charge in [-0.25, -0.2) is 4.98 Å². The summed E-state index contributed by atoms with van der Waals surface area (Å²) in [5.41, 5.74) is 0.920. The van der Waals surface area contributed by atoms with Crippen LogP contribution in [-0.4, -0.2) is 29.1 Å². The maximum atomic E-state index is 10.6. The smallest absolute Gasteiger partial charge is 0.312 e. The summed E-state index contributed by atoms with van der Waals surface area (Å²) in [6.45, 7) is 3.80. The third-order valence-electron chi connectivity index (χ3n) is 2.86. The van der Waals surface area contributed by atoms with Crippen LogP contribution in [0, 0.1) is 6.92 Å². The fourth-order valence-electron chi connectivity index (χ4n) is 2.13. The average molecular weight is 224 g/mol. The number of aryl methyl sites for hydroxylation is 1. The molecule has 1 unspecified atom stereocenters. The topological polar surface area (TPSA) is 75.4 Å². The lowest BCUT2D eigenvalue weighted by Crippen LogP contribution is -2.28. The van der Waals surface area contributed by atoms with E-state index in [1.54, 1.807) is 0 Å². The zero-order valence-electron chi connectivity index (χ0n) is 9.32. The van der Waals surface area contributed by atoms with E-state index in [4.69, 9.17) is 9.52 Å². The van der Waals surface area contributed by atoms with Crippen molar-refractivity contribution in [2.45, 2.75) is 32.1 Å². The first kappa shape index (κ1) is 11.1. The first-order valence-corrected chi connectivity index (χ1v) is 5.55. The van der Waals surface area contributed by atoms with Crippen LogP contribution in [0.15, 0.2) is 4.42 Å². The van der Waals surface area contributed by atoms with Gasteiger partial charge in [0.15, 0.2) is 0 Å². The number of carbonyl (C=O) groups is 1. The molecule has 1 saturated heterocycles. The molecule has 1 atom stereocenters. The second kappa shape index (κ2) is 4.65. The minimum atomic E-state index is -0.908. The number of carboxylic acids is 1. The predicted octanol–water partition coefficient (Wildman–Crippen LogP) is 1.08. The fourth-order valence-corrected chi connectivity index (χ4v) is 2.13. The maximum absolute atomic E-state index is 10.6. The molecule has 1 fully saturated rings. The Balaban J connectivity index is 2.13. The van der Waals surface area contributed by atoms with E-state index in [0.717, 1.165) is 37.4 Å². The Hall–Kier alpha value is -1.36. The molecule has 1 aliphatic heterocycles. The number of carboxylic acid groups (broad SMARTS) is 1. The van der Waals surface area contributed by atoms with Crippen molar-refractivity contribution in [1.82, 2.24) is 10.3 Å². The molecule has 2 rings (SSSR count). The van der Waals surface area contributed by atoms with Crippen LogP contribution in [0.3, 0.4) is 0 Å². The lowest BCUT2D eigenvalue weighted by atomic mass is 9.95. The van der Waals surface area contributed by atoms with Gasteiger partial charge in [0.1, 0.15) is 12.2 Å². The molecular weight excluding hydrogens is 208 g/mol. The number of nitrogens with zero attached hydrogens (tertiary/aromatic N) is 1. The van der Waals surface area contributed by atoms with Crippen LogP contribution >= 0.6 is 0 Å². The molecule has 2 N–H and O–H groups in total. The lowest BCUT2D eigenvalue weighted by Gasteiger charge is -2.21. The van der Waals surface area contributed by atoms with Crippen LogP contribution in [0.25, 0.3) is 0 Å². The normalized spacial score (nSPS) is 20.9. The molecule has 1 aromatic rings. The van der Waals surface area contributed by atoms with E-state index in [2.05, 4.69) is 10.3 Å². The SMILES string of the molecule is Cc1oc(CC(=O)O)nc1C1CCCNC1. The highest BCUT2D eigenvalue weighted by Crippen LogP contribution is 2.25. The van der Waals surface area contributed by atoms with Crippen LogP contribution in [0.2, 0.25) is 0 Å². The molecule has 5 nitrogen and oxygen atoms in total. The summed E-state index contributed by atoms with van der Waals surface area (Å²) in [6.07, 6.45) is 2.08. The van der Waals surface area contributed by atoms with Crippen LogP contribution in [0.4, 0.5) is 0 Å². The van der Waals surface area contributed by atoms with Gasteiger partial charge in [0.05, 0.1) is 5.69 Å². The second-order valence-electron chi connectivity index (χ2n) is 4.16. The summed E-state index contributed by atoms with van der Waals surface area (Å²) < 4.78 is 5.36. The number of nitrogens with one attached hydrogen (secondary N) is 1. The van der Waals surface area contributed by atoms with Crippen LogP contribution in [-0.2, 0) is 11.2 Å². The van der Waals surface area contributed by atoms with Crippen molar-refractivity contribution in [3.05, 3.63) is 17.3 Å². The third kappa shape index (κ3) is 2.41. The van der Waals surface area contributed by atoms with Crippen molar-refractivity contribution in [3.8, 4) is 0 Å². The number of piperidine rings is 1. The molecule has 5 heteroatoms. The zero-order valence-corrected chi connectivity index (χ0v) is 9.32. The number of rotatable bonds is 3. The predicted molar refractivity (Wildman–Crippen MR) is 57.4 cm³/mol. The van der Waals surface area contributed by atoms with Gasteiger partial charge in [0.2, 0.25) is 5.89 Å². The first-order valence-electron chi connectivity index (χ1n) is 5.55. The number of hydrogen-bond donors (Lipinski definition) is 2. The van der Waals surface area contributed by atoms with E-state index in [1.807, 2.05) is 6.92 Å². The second-order valence-corrected chi connectivity index (χ2v) is 4.16. The van der Waals surface area contributed by atoms with Gasteiger partial charge in [-0.1, -0.05) is 0 Å². The molecule has 0 saturated carbocycles. The molecular formula is C11H16N2O3. The van der Waals surface area contributed by atoms with Crippen molar-refractivity contribution in [2.24, 2.45) is 0 Å². The Morgan fingerprint density at radius 1 is 1.69 bits per heavy atom. The van der Waals surface area contributed by atoms with Gasteiger partial charge < -0.3 is 14.8 Å². The lowest BCUT2D eigenvalue weighted by molar-refractivity contribution is -0.136. The molecule has 88 valence electrons. The Kier molecular flexibility index (Phi) is 3.24. The fraction of sp³-hybridized carbons (Fsp3) is 0.636. The van der Waals surface area contributed by atoms with E-state index in [1.165, 1.54) is 0 Å². The standard InChI is InChI=1S/C11H16N2O3/c1-7-11(8-3-2-4-12-6-8)13-9(16-7)5-10(14)15/h8,12H,2-6H2,1H3,(H,14,15). The summed E-state index contributed by atoms with van der Waals surface area (Å²) in [6, 6.07) is 0. The van der Waals surface area contributed by atoms with Crippen molar-refractivity contribution < 1.29 is 14.3 Å². The number of aromatic nitrogens is 1. The van der Waals surface area contributed by atoms with E-state index in [9.17, 15) is 4.79 Å². The molecule has 0 radical (unpaired) electrons. The van der Waals surface area contributed by atoms with E-state index in [0.29, 0.717) is 11.8 Å². The molecule has 0 amide bonds. The molecule has 0 aliphatic carbocycles. The first-order chi connectivity index (χ1) is 7.66. The minimum Gasteiger partial charge on any atom is -0.481 e. The largest absolute Gasteiger partial charge is 0.481 e. The average Bonchev–Trinajstić information content (AvgIpc) is 2.60. The third-order valence-corrected chi connectivity index (χ3v) is 2.86. The van der Waals surface area contributed by atoms with Crippen molar-refractivity contribution in [2.75, 3.05) is 13.1 Å². The van der Waals surface area contributed by atoms with Crippen LogP contribution in [0.1, 0.15) is 36.1 Å². The van der Waals surface area contributed by atoms with E-state index >= 15 is 0 Å². The molecule has 1 aliphatic rings. The van der Waals surface area contributed by atoms with Gasteiger partial charge >= 0.3 is 5.97 Å². The van der Waals surface area contributed by atoms with E-state index in [-0.39, 0.29) is 6.42 Å². The van der Waals surface area contributed by atoms with Crippen LogP contribution < -0.4 is 5.32 Å². The van der Waals surface area contributed by atoms with Gasteiger partial charge in [0.25, 0.3) is 0 Å². The highest BCUT2D eigenvalue weighted by molar-refractivity contribution is 5.68. The van der Waals surface area contributed by atoms with Gasteiger partial charge in [-0.15, -0.1) is 0 Å². The molecule has 2 heterocycles. The van der Waals surface area contributed by atoms with Gasteiger partial charge in [-0.2, -0.15) is 0 Å². The Labute approximate surface area is 93.9 Å². The highest BCUT2D eigenvalue weighted by atomic mass is 16.4. The summed E-state index contributed by atoms with van der Waals surface area (Å²) in [5.74, 6) is 0.519. The minimum absolute atomic E-state index is 0.138. The van der Waals surface area contributed by atoms with Crippen LogP contribution in [0.5, 0.6) is 0 Å². The quantitative estimate of drug-likeness (QED) is 0.803. The maximum Gasteiger partial charge on any atom is 0.312 e. The number of hydrogen-bond acceptors (Lipinski definition) is 4. The van der Waals surface area contributed by atoms with Crippen molar-refractivity contribution >= 4 is 5.97 Å². The van der Waals surface area contributed by atoms with Crippen molar-refractivity contribution in [1.29, 1.82) is 0 Å². The van der Waals surface area contributed by atoms with Gasteiger partial charge in [0, 0.05) is 12.5 Å². The summed E-state index contributed by atoms with van der Waals surface area (Å²) >= 11 is 0. The highest BCUT2D eigenvalue weighted by Gasteiger charge is 2.22. The van der Waals surface area contributed by atoms with E-state index < -0.39 is 5.97 Å². The molecule has 0 spiro atoms. The monoisotopic (exact) mass is 224 g/mol. The zero-order chi connectivity index (χ0) is 11.5. The van der Waals surface area contributed by atoms with Gasteiger partial charge in [-0.05, 0) is 26.3 Å². The summed E-state index contributed by atoms with van der Waals surface area (Å²) in [5, 5.41) is 12.0. The Morgan fingerprint density at radius 2 is 2.50 bits per heavy atom. The molecule has 16 heavy (non-hydrogen) atoms. The van der Waals surface area contributed by atoms with Gasteiger partial charge in [-0.3, -0.25) is 4.79 Å². The molecule has 0 aromatic carbocycles. The Bertz CT molecular complexity index is 381. The summed E-state index contributed by atoms with van der Waals surface area (Å²) in [7, 11) is 0. The number of aliphatic carboxylic acids is 1. The summed E-state index contributed by atoms with van der Waals surface area (Å²) in [4.78, 5) is 14.8.